The van der Waals surface area contributed by atoms with Crippen LogP contribution in [0.25, 0.3) is 82.4 Å². The summed E-state index contributed by atoms with van der Waals surface area (Å²) in [6.07, 6.45) is 0. The Morgan fingerprint density at radius 3 is 1.71 bits per heavy atom. The third-order valence-corrected chi connectivity index (χ3v) is 14.7. The van der Waals surface area contributed by atoms with Crippen LogP contribution in [0.15, 0.2) is 243 Å². The van der Waals surface area contributed by atoms with Crippen molar-refractivity contribution in [3.63, 3.8) is 0 Å². The minimum absolute atomic E-state index is 0.163. The molecule has 65 heavy (non-hydrogen) atoms. The van der Waals surface area contributed by atoms with Crippen LogP contribution in [0.2, 0.25) is 0 Å². The molecule has 0 radical (unpaired) electrons. The summed E-state index contributed by atoms with van der Waals surface area (Å²) >= 11 is 0. The summed E-state index contributed by atoms with van der Waals surface area (Å²) < 4.78 is 2.54. The minimum Gasteiger partial charge on any atom is -0.309 e. The molecule has 0 amide bonds. The zero-order valence-corrected chi connectivity index (χ0v) is 35.6. The van der Waals surface area contributed by atoms with Crippen molar-refractivity contribution < 1.29 is 0 Å². The maximum Gasteiger partial charge on any atom is 0.0720 e. The van der Waals surface area contributed by atoms with Crippen LogP contribution in [-0.4, -0.2) is 4.57 Å². The Morgan fingerprint density at radius 2 is 0.908 bits per heavy atom. The summed E-state index contributed by atoms with van der Waals surface area (Å²) in [4.78, 5) is 0. The Bertz CT molecular complexity index is 3840. The fourth-order valence-electron chi connectivity index (χ4n) is 12.1. The van der Waals surface area contributed by atoms with Crippen molar-refractivity contribution in [3.8, 4) is 39.1 Å². The van der Waals surface area contributed by atoms with Gasteiger partial charge in [0.05, 0.1) is 22.1 Å². The summed E-state index contributed by atoms with van der Waals surface area (Å²) in [7, 11) is 0. The van der Waals surface area contributed by atoms with Crippen molar-refractivity contribution in [2.45, 2.75) is 11.3 Å². The number of fused-ring (bicyclic) bond motifs is 12. The third kappa shape index (κ3) is 5.04. The monoisotopic (exact) mass is 823 g/mol. The van der Waals surface area contributed by atoms with E-state index in [1.54, 1.807) is 0 Å². The Hall–Kier alpha value is -8.26. The number of benzene rings is 11. The third-order valence-electron chi connectivity index (χ3n) is 14.7. The van der Waals surface area contributed by atoms with Crippen molar-refractivity contribution >= 4 is 43.4 Å². The predicted octanol–water partition coefficient (Wildman–Crippen LogP) is 16.3. The van der Waals surface area contributed by atoms with Gasteiger partial charge in [-0.15, -0.1) is 0 Å². The van der Waals surface area contributed by atoms with Crippen LogP contribution in [0.5, 0.6) is 0 Å². The van der Waals surface area contributed by atoms with E-state index >= 15 is 0 Å². The molecular weight excluding hydrogens is 783 g/mol. The number of hydrogen-bond acceptors (Lipinski definition) is 0. The van der Waals surface area contributed by atoms with E-state index < -0.39 is 5.41 Å². The number of aromatic nitrogens is 1. The van der Waals surface area contributed by atoms with Gasteiger partial charge in [-0.1, -0.05) is 212 Å². The molecule has 2 aliphatic carbocycles. The molecule has 0 fully saturated rings. The van der Waals surface area contributed by atoms with E-state index in [0.717, 1.165) is 0 Å². The topological polar surface area (TPSA) is 4.93 Å². The first-order valence-corrected chi connectivity index (χ1v) is 22.8. The fourth-order valence-corrected chi connectivity index (χ4v) is 12.1. The quantitative estimate of drug-likeness (QED) is 0.163. The van der Waals surface area contributed by atoms with E-state index in [0.29, 0.717) is 0 Å². The molecule has 302 valence electrons. The van der Waals surface area contributed by atoms with E-state index in [1.807, 2.05) is 0 Å². The number of rotatable bonds is 5. The highest BCUT2D eigenvalue weighted by atomic mass is 15.0. The molecule has 0 saturated carbocycles. The molecule has 11 aromatic carbocycles. The van der Waals surface area contributed by atoms with Gasteiger partial charge in [0, 0.05) is 22.1 Å². The summed E-state index contributed by atoms with van der Waals surface area (Å²) in [5.41, 5.74) is 20.0. The van der Waals surface area contributed by atoms with Gasteiger partial charge in [0.15, 0.2) is 0 Å². The smallest absolute Gasteiger partial charge is 0.0720 e. The van der Waals surface area contributed by atoms with Gasteiger partial charge in [0.1, 0.15) is 0 Å². The van der Waals surface area contributed by atoms with Gasteiger partial charge in [-0.3, -0.25) is 0 Å². The van der Waals surface area contributed by atoms with Crippen LogP contribution in [0.1, 0.15) is 44.9 Å². The van der Waals surface area contributed by atoms with Gasteiger partial charge in [0.25, 0.3) is 0 Å². The van der Waals surface area contributed by atoms with Crippen LogP contribution in [-0.2, 0) is 5.41 Å². The molecule has 1 unspecified atom stereocenters. The number of hydrogen-bond donors (Lipinski definition) is 0. The molecule has 14 rings (SSSR count). The first-order valence-electron chi connectivity index (χ1n) is 22.8. The Morgan fingerprint density at radius 1 is 0.338 bits per heavy atom. The summed E-state index contributed by atoms with van der Waals surface area (Å²) in [5, 5.41) is 7.60. The van der Waals surface area contributed by atoms with Crippen LogP contribution >= 0.6 is 0 Å². The Labute approximate surface area is 378 Å². The van der Waals surface area contributed by atoms with E-state index in [2.05, 4.69) is 247 Å². The fraction of sp³-hybridized carbons (Fsp3) is 0.0312. The van der Waals surface area contributed by atoms with Gasteiger partial charge in [0.2, 0.25) is 0 Å². The first kappa shape index (κ1) is 36.2. The maximum absolute atomic E-state index is 2.54. The summed E-state index contributed by atoms with van der Waals surface area (Å²) in [6.45, 7) is 0. The van der Waals surface area contributed by atoms with Crippen molar-refractivity contribution in [2.75, 3.05) is 0 Å². The highest BCUT2D eigenvalue weighted by Crippen LogP contribution is 2.60. The average molecular weight is 824 g/mol. The molecule has 1 heterocycles. The van der Waals surface area contributed by atoms with E-state index in [-0.39, 0.29) is 5.92 Å². The second kappa shape index (κ2) is 13.9. The molecule has 0 spiro atoms. The molecule has 2 aliphatic rings. The lowest BCUT2D eigenvalue weighted by atomic mass is 9.67. The molecule has 12 aromatic rings. The van der Waals surface area contributed by atoms with Crippen LogP contribution in [0.3, 0.4) is 0 Å². The Kier molecular flexibility index (Phi) is 7.73. The molecule has 0 bridgehead atoms. The zero-order chi connectivity index (χ0) is 42.6. The average Bonchev–Trinajstić information content (AvgIpc) is 4.00. The molecule has 1 aromatic heterocycles. The van der Waals surface area contributed by atoms with Crippen LogP contribution < -0.4 is 0 Å². The lowest BCUT2D eigenvalue weighted by molar-refractivity contribution is 0.776. The first-order chi connectivity index (χ1) is 32.3. The van der Waals surface area contributed by atoms with Gasteiger partial charge in [-0.05, 0) is 119 Å². The largest absolute Gasteiger partial charge is 0.309 e. The van der Waals surface area contributed by atoms with E-state index in [9.17, 15) is 0 Å². The number of nitrogens with zero attached hydrogens (tertiary/aromatic N) is 1. The van der Waals surface area contributed by atoms with Gasteiger partial charge < -0.3 is 4.57 Å². The van der Waals surface area contributed by atoms with Crippen molar-refractivity contribution in [3.05, 3.63) is 282 Å². The van der Waals surface area contributed by atoms with Gasteiger partial charge in [-0.25, -0.2) is 0 Å². The van der Waals surface area contributed by atoms with Gasteiger partial charge >= 0.3 is 0 Å². The summed E-state index contributed by atoms with van der Waals surface area (Å²) in [6, 6.07) is 91.0. The molecule has 0 aliphatic heterocycles. The normalized spacial score (nSPS) is 14.4. The predicted molar refractivity (Wildman–Crippen MR) is 271 cm³/mol. The van der Waals surface area contributed by atoms with Crippen molar-refractivity contribution in [1.29, 1.82) is 0 Å². The van der Waals surface area contributed by atoms with Crippen LogP contribution in [0.4, 0.5) is 0 Å². The highest BCUT2D eigenvalue weighted by molar-refractivity contribution is 6.17. The second-order valence-corrected chi connectivity index (χ2v) is 17.9. The van der Waals surface area contributed by atoms with Crippen LogP contribution in [0, 0.1) is 0 Å². The molecule has 1 atom stereocenters. The standard InChI is InChI=1S/C64H41N/c1-3-21-45(22-4-1)64(46-23-5-2-6-24-46)57-31-14-13-28-50(57)54-36-38-60-62(63(54)64)56-40-44(34-37-59(56)65(60)58-32-16-20-42-18-8-10-26-48(42)58)43-33-35-53-55(39-43)49-27-11-12-29-52(49)61(53)51-30-15-19-41-17-7-9-25-47(41)51/h1-40,61H. The minimum atomic E-state index is -0.560. The molecule has 0 saturated heterocycles. The molecule has 1 nitrogen and oxygen atoms in total. The highest BCUT2D eigenvalue weighted by Gasteiger charge is 2.48. The van der Waals surface area contributed by atoms with E-state index in [4.69, 9.17) is 0 Å². The van der Waals surface area contributed by atoms with Crippen molar-refractivity contribution in [2.24, 2.45) is 0 Å². The molecular formula is C64H41N. The van der Waals surface area contributed by atoms with Crippen molar-refractivity contribution in [1.82, 2.24) is 4.57 Å². The second-order valence-electron chi connectivity index (χ2n) is 17.9. The molecule has 1 heteroatoms. The SMILES string of the molecule is c1ccc(C2(c3ccccc3)c3ccccc3-c3ccc4c(c32)c2cc(-c3ccc5c(c3)-c3ccccc3C5c3cccc5ccccc35)ccc2n4-c2cccc3ccccc23)cc1. The lowest BCUT2D eigenvalue weighted by Crippen LogP contribution is -2.28. The maximum atomic E-state index is 2.54. The Balaban J connectivity index is 1.07. The molecule has 0 N–H and O–H groups in total. The lowest BCUT2D eigenvalue weighted by Gasteiger charge is -2.34. The van der Waals surface area contributed by atoms with Gasteiger partial charge in [-0.2, -0.15) is 0 Å². The zero-order valence-electron chi connectivity index (χ0n) is 35.6. The summed E-state index contributed by atoms with van der Waals surface area (Å²) in [5.74, 6) is 0.163. The van der Waals surface area contributed by atoms with E-state index in [1.165, 1.54) is 121 Å².